The number of carbonyl (C=O) groups excluding carboxylic acids is 2. The third-order valence-corrected chi connectivity index (χ3v) is 4.69. The fourth-order valence-corrected chi connectivity index (χ4v) is 3.17. The predicted molar refractivity (Wildman–Crippen MR) is 96.4 cm³/mol. The summed E-state index contributed by atoms with van der Waals surface area (Å²) in [6, 6.07) is 13.8. The molecule has 0 aromatic heterocycles. The molecule has 1 aliphatic heterocycles. The molecule has 0 saturated heterocycles. The van der Waals surface area contributed by atoms with Gasteiger partial charge in [0.1, 0.15) is 0 Å². The minimum atomic E-state index is -0.794. The second kappa shape index (κ2) is 7.09. The van der Waals surface area contributed by atoms with Crippen molar-refractivity contribution in [3.63, 3.8) is 0 Å². The Labute approximate surface area is 148 Å². The van der Waals surface area contributed by atoms with Crippen molar-refractivity contribution in [2.45, 2.75) is 39.8 Å². The highest BCUT2D eigenvalue weighted by atomic mass is 16.5. The standard InChI is InChI=1S/C21H23NO3/c1-14-8-9-15(2)19(12-14)21(24)25-16(3)20(23)22-11-10-17-6-4-5-7-18(17)13-22/h4-9,12,16H,10-11,13H2,1-3H3/t16-/m0/s1. The number of fused-ring (bicyclic) bond motifs is 1. The van der Waals surface area contributed by atoms with E-state index in [-0.39, 0.29) is 5.91 Å². The van der Waals surface area contributed by atoms with Crippen molar-refractivity contribution in [1.82, 2.24) is 4.90 Å². The van der Waals surface area contributed by atoms with Gasteiger partial charge >= 0.3 is 5.97 Å². The molecule has 3 rings (SSSR count). The first-order valence-corrected chi connectivity index (χ1v) is 8.59. The van der Waals surface area contributed by atoms with E-state index < -0.39 is 12.1 Å². The summed E-state index contributed by atoms with van der Waals surface area (Å²) in [4.78, 5) is 26.9. The number of carbonyl (C=O) groups is 2. The third kappa shape index (κ3) is 3.73. The maximum Gasteiger partial charge on any atom is 0.339 e. The number of ether oxygens (including phenoxy) is 1. The Bertz CT molecular complexity index is 813. The van der Waals surface area contributed by atoms with Gasteiger partial charge < -0.3 is 9.64 Å². The minimum Gasteiger partial charge on any atom is -0.449 e. The van der Waals surface area contributed by atoms with Crippen LogP contribution in [-0.2, 0) is 22.5 Å². The lowest BCUT2D eigenvalue weighted by Crippen LogP contribution is -2.42. The molecule has 2 aromatic rings. The molecule has 2 aromatic carbocycles. The summed E-state index contributed by atoms with van der Waals surface area (Å²) in [5, 5.41) is 0. The summed E-state index contributed by atoms with van der Waals surface area (Å²) < 4.78 is 5.45. The van der Waals surface area contributed by atoms with Crippen molar-refractivity contribution in [3.05, 3.63) is 70.3 Å². The van der Waals surface area contributed by atoms with Crippen LogP contribution in [0.5, 0.6) is 0 Å². The molecule has 1 aliphatic rings. The van der Waals surface area contributed by atoms with Gasteiger partial charge in [-0.05, 0) is 49.9 Å². The van der Waals surface area contributed by atoms with Crippen molar-refractivity contribution in [2.24, 2.45) is 0 Å². The Kier molecular flexibility index (Phi) is 4.88. The van der Waals surface area contributed by atoms with Gasteiger partial charge in [-0.1, -0.05) is 42.0 Å². The maximum absolute atomic E-state index is 12.7. The normalized spacial score (nSPS) is 14.6. The van der Waals surface area contributed by atoms with E-state index in [0.29, 0.717) is 18.7 Å². The average Bonchev–Trinajstić information content (AvgIpc) is 2.62. The molecule has 0 unspecified atom stereocenters. The summed E-state index contributed by atoms with van der Waals surface area (Å²) in [7, 11) is 0. The number of esters is 1. The topological polar surface area (TPSA) is 46.6 Å². The highest BCUT2D eigenvalue weighted by Crippen LogP contribution is 2.20. The molecule has 4 heteroatoms. The number of hydrogen-bond donors (Lipinski definition) is 0. The van der Waals surface area contributed by atoms with Gasteiger partial charge in [-0.25, -0.2) is 4.79 Å². The first-order valence-electron chi connectivity index (χ1n) is 8.59. The predicted octanol–water partition coefficient (Wildman–Crippen LogP) is 3.43. The van der Waals surface area contributed by atoms with E-state index in [1.165, 1.54) is 5.56 Å². The molecule has 0 bridgehead atoms. The zero-order valence-electron chi connectivity index (χ0n) is 14.9. The van der Waals surface area contributed by atoms with E-state index in [9.17, 15) is 9.59 Å². The van der Waals surface area contributed by atoms with E-state index in [4.69, 9.17) is 4.74 Å². The number of nitrogens with zero attached hydrogens (tertiary/aromatic N) is 1. The monoisotopic (exact) mass is 337 g/mol. The lowest BCUT2D eigenvalue weighted by atomic mass is 9.99. The number of amides is 1. The van der Waals surface area contributed by atoms with E-state index in [2.05, 4.69) is 6.07 Å². The molecule has 1 heterocycles. The van der Waals surface area contributed by atoms with Crippen LogP contribution in [0.25, 0.3) is 0 Å². The van der Waals surface area contributed by atoms with Gasteiger partial charge in [0.25, 0.3) is 5.91 Å². The average molecular weight is 337 g/mol. The van der Waals surface area contributed by atoms with Gasteiger partial charge in [-0.2, -0.15) is 0 Å². The zero-order chi connectivity index (χ0) is 18.0. The van der Waals surface area contributed by atoms with Gasteiger partial charge in [-0.3, -0.25) is 4.79 Å². The van der Waals surface area contributed by atoms with Crippen LogP contribution < -0.4 is 0 Å². The molecule has 1 amide bonds. The minimum absolute atomic E-state index is 0.145. The zero-order valence-corrected chi connectivity index (χ0v) is 14.9. The molecular weight excluding hydrogens is 314 g/mol. The molecule has 0 fully saturated rings. The van der Waals surface area contributed by atoms with E-state index in [1.807, 2.05) is 44.2 Å². The van der Waals surface area contributed by atoms with Crippen LogP contribution in [0.1, 0.15) is 39.5 Å². The SMILES string of the molecule is Cc1ccc(C)c(C(=O)O[C@@H](C)C(=O)N2CCc3ccccc3C2)c1. The number of hydrogen-bond acceptors (Lipinski definition) is 3. The molecule has 0 N–H and O–H groups in total. The van der Waals surface area contributed by atoms with Gasteiger partial charge in [0.05, 0.1) is 5.56 Å². The maximum atomic E-state index is 12.7. The molecule has 25 heavy (non-hydrogen) atoms. The first kappa shape index (κ1) is 17.2. The van der Waals surface area contributed by atoms with Crippen molar-refractivity contribution >= 4 is 11.9 Å². The highest BCUT2D eigenvalue weighted by molar-refractivity contribution is 5.93. The smallest absolute Gasteiger partial charge is 0.339 e. The fourth-order valence-electron chi connectivity index (χ4n) is 3.17. The number of rotatable bonds is 3. The summed E-state index contributed by atoms with van der Waals surface area (Å²) in [5.74, 6) is -0.590. The van der Waals surface area contributed by atoms with Gasteiger partial charge in [0, 0.05) is 13.1 Å². The van der Waals surface area contributed by atoms with Crippen molar-refractivity contribution in [1.29, 1.82) is 0 Å². The van der Waals surface area contributed by atoms with E-state index in [1.54, 1.807) is 17.9 Å². The van der Waals surface area contributed by atoms with Crippen molar-refractivity contribution in [3.8, 4) is 0 Å². The van der Waals surface area contributed by atoms with Crippen molar-refractivity contribution in [2.75, 3.05) is 6.54 Å². The Balaban J connectivity index is 1.67. The van der Waals surface area contributed by atoms with Crippen molar-refractivity contribution < 1.29 is 14.3 Å². The van der Waals surface area contributed by atoms with Gasteiger partial charge in [0.15, 0.2) is 6.10 Å². The van der Waals surface area contributed by atoms with Crippen LogP contribution in [0.2, 0.25) is 0 Å². The first-order chi connectivity index (χ1) is 12.0. The van der Waals surface area contributed by atoms with Crippen LogP contribution in [-0.4, -0.2) is 29.4 Å². The second-order valence-electron chi connectivity index (χ2n) is 6.64. The molecule has 1 atom stereocenters. The largest absolute Gasteiger partial charge is 0.449 e. The molecule has 130 valence electrons. The highest BCUT2D eigenvalue weighted by Gasteiger charge is 2.27. The quantitative estimate of drug-likeness (QED) is 0.806. The Morgan fingerprint density at radius 3 is 2.56 bits per heavy atom. The molecular formula is C21H23NO3. The van der Waals surface area contributed by atoms with E-state index in [0.717, 1.165) is 23.1 Å². The Morgan fingerprint density at radius 2 is 1.80 bits per heavy atom. The van der Waals surface area contributed by atoms with Crippen LogP contribution >= 0.6 is 0 Å². The molecule has 0 spiro atoms. The van der Waals surface area contributed by atoms with Crippen LogP contribution in [0.15, 0.2) is 42.5 Å². The van der Waals surface area contributed by atoms with E-state index >= 15 is 0 Å². The summed E-state index contributed by atoms with van der Waals surface area (Å²) in [5.41, 5.74) is 4.80. The fraction of sp³-hybridized carbons (Fsp3) is 0.333. The lowest BCUT2D eigenvalue weighted by Gasteiger charge is -2.30. The Morgan fingerprint density at radius 1 is 1.08 bits per heavy atom. The molecule has 0 aliphatic carbocycles. The molecule has 0 radical (unpaired) electrons. The number of benzene rings is 2. The Hall–Kier alpha value is -2.62. The third-order valence-electron chi connectivity index (χ3n) is 4.69. The summed E-state index contributed by atoms with van der Waals surface area (Å²) in [6.45, 7) is 6.66. The summed E-state index contributed by atoms with van der Waals surface area (Å²) >= 11 is 0. The second-order valence-corrected chi connectivity index (χ2v) is 6.64. The van der Waals surface area contributed by atoms with Crippen LogP contribution in [0.3, 0.4) is 0 Å². The lowest BCUT2D eigenvalue weighted by molar-refractivity contribution is -0.140. The van der Waals surface area contributed by atoms with Gasteiger partial charge in [-0.15, -0.1) is 0 Å². The number of aryl methyl sites for hydroxylation is 2. The van der Waals surface area contributed by atoms with Gasteiger partial charge in [0.2, 0.25) is 0 Å². The van der Waals surface area contributed by atoms with Crippen LogP contribution in [0, 0.1) is 13.8 Å². The van der Waals surface area contributed by atoms with Crippen LogP contribution in [0.4, 0.5) is 0 Å². The molecule has 0 saturated carbocycles. The summed E-state index contributed by atoms with van der Waals surface area (Å²) in [6.07, 6.45) is 0.0391. The molecule has 4 nitrogen and oxygen atoms in total.